The Hall–Kier alpha value is -4.54. The number of hydrogen-bond acceptors (Lipinski definition) is 6. The van der Waals surface area contributed by atoms with Gasteiger partial charge in [-0.3, -0.25) is 19.9 Å². The molecule has 0 saturated carbocycles. The zero-order chi connectivity index (χ0) is 27.5. The van der Waals surface area contributed by atoms with Crippen molar-refractivity contribution in [2.45, 2.75) is 13.5 Å². The van der Waals surface area contributed by atoms with Crippen LogP contribution < -0.4 is 10.7 Å². The quantitative estimate of drug-likeness (QED) is 0.338. The second kappa shape index (κ2) is 11.1. The summed E-state index contributed by atoms with van der Waals surface area (Å²) in [5.41, 5.74) is 5.92. The number of likely N-dealkylation sites (N-methyl/N-ethyl adjacent to an activating group) is 1. The van der Waals surface area contributed by atoms with Gasteiger partial charge in [-0.25, -0.2) is 14.5 Å². The number of carbonyl (C=O) groups excluding carboxylic acids is 2. The number of fused-ring (bicyclic) bond motifs is 1. The van der Waals surface area contributed by atoms with Gasteiger partial charge in [-0.1, -0.05) is 18.2 Å². The molecule has 0 aliphatic carbocycles. The fraction of sp³-hybridized carbons (Fsp3) is 0.241. The number of pyridine rings is 1. The maximum absolute atomic E-state index is 13.2. The fourth-order valence-electron chi connectivity index (χ4n) is 4.64. The van der Waals surface area contributed by atoms with Crippen LogP contribution in [0.3, 0.4) is 0 Å². The predicted molar refractivity (Wildman–Crippen MR) is 149 cm³/mol. The summed E-state index contributed by atoms with van der Waals surface area (Å²) >= 11 is 0. The number of aromatic nitrogens is 2. The first-order valence-electron chi connectivity index (χ1n) is 12.7. The Labute approximate surface area is 225 Å². The van der Waals surface area contributed by atoms with Crippen LogP contribution in [0, 0.1) is 6.92 Å². The molecule has 2 aromatic heterocycles. The minimum Gasteiger partial charge on any atom is -0.477 e. The van der Waals surface area contributed by atoms with Crippen LogP contribution in [0.5, 0.6) is 0 Å². The number of piperazine rings is 1. The minimum atomic E-state index is -1.19. The standard InChI is InChI=1S/C29H30N6O4/c1-19-5-10-23(31-27(36)21-8-6-20(7-9-21)18-34-14-12-33(2)13-15-34)17-24(19)28(37)32-35-25(29(38)39)16-22-4-3-11-30-26(22)35/h3-11,16-17H,12-15,18H2,1-2H3,(H,31,36)(H,32,37)(H,38,39). The second-order valence-electron chi connectivity index (χ2n) is 9.79. The monoisotopic (exact) mass is 526 g/mol. The summed E-state index contributed by atoms with van der Waals surface area (Å²) in [6.07, 6.45) is 1.52. The largest absolute Gasteiger partial charge is 0.477 e. The van der Waals surface area contributed by atoms with E-state index in [0.29, 0.717) is 33.4 Å². The van der Waals surface area contributed by atoms with Crippen molar-refractivity contribution < 1.29 is 19.5 Å². The molecule has 3 N–H and O–H groups in total. The van der Waals surface area contributed by atoms with Crippen LogP contribution >= 0.6 is 0 Å². The third-order valence-corrected chi connectivity index (χ3v) is 6.95. The molecular formula is C29H30N6O4. The normalized spacial score (nSPS) is 14.3. The van der Waals surface area contributed by atoms with Crippen LogP contribution in [0.2, 0.25) is 0 Å². The molecule has 3 heterocycles. The van der Waals surface area contributed by atoms with E-state index in [9.17, 15) is 19.5 Å². The third kappa shape index (κ3) is 5.82. The van der Waals surface area contributed by atoms with Crippen LogP contribution in [-0.2, 0) is 6.54 Å². The Morgan fingerprint density at radius 3 is 2.41 bits per heavy atom. The molecule has 10 nitrogen and oxygen atoms in total. The van der Waals surface area contributed by atoms with E-state index in [4.69, 9.17) is 0 Å². The highest BCUT2D eigenvalue weighted by Crippen LogP contribution is 2.20. The number of aryl methyl sites for hydroxylation is 1. The van der Waals surface area contributed by atoms with Gasteiger partial charge in [-0.2, -0.15) is 0 Å². The van der Waals surface area contributed by atoms with Gasteiger partial charge in [0.2, 0.25) is 0 Å². The summed E-state index contributed by atoms with van der Waals surface area (Å²) < 4.78 is 1.16. The van der Waals surface area contributed by atoms with Crippen molar-refractivity contribution in [2.24, 2.45) is 0 Å². The Morgan fingerprint density at radius 2 is 1.69 bits per heavy atom. The van der Waals surface area contributed by atoms with E-state index < -0.39 is 11.9 Å². The zero-order valence-electron chi connectivity index (χ0n) is 21.8. The van der Waals surface area contributed by atoms with Crippen molar-refractivity contribution in [1.82, 2.24) is 19.5 Å². The highest BCUT2D eigenvalue weighted by Gasteiger charge is 2.20. The van der Waals surface area contributed by atoms with Gasteiger partial charge in [0.25, 0.3) is 11.8 Å². The average Bonchev–Trinajstić information content (AvgIpc) is 3.30. The minimum absolute atomic E-state index is 0.116. The van der Waals surface area contributed by atoms with Gasteiger partial charge >= 0.3 is 5.97 Å². The van der Waals surface area contributed by atoms with Crippen LogP contribution in [0.25, 0.3) is 11.0 Å². The van der Waals surface area contributed by atoms with E-state index in [1.165, 1.54) is 12.3 Å². The average molecular weight is 527 g/mol. The number of nitrogens with zero attached hydrogens (tertiary/aromatic N) is 4. The Morgan fingerprint density at radius 1 is 0.949 bits per heavy atom. The molecule has 1 aliphatic rings. The molecule has 4 aromatic rings. The van der Waals surface area contributed by atoms with Crippen molar-refractivity contribution in [3.63, 3.8) is 0 Å². The number of carboxylic acids is 1. The third-order valence-electron chi connectivity index (χ3n) is 6.95. The lowest BCUT2D eigenvalue weighted by molar-refractivity contribution is 0.0687. The molecule has 0 radical (unpaired) electrons. The number of benzene rings is 2. The van der Waals surface area contributed by atoms with Crippen molar-refractivity contribution in [3.05, 3.63) is 94.8 Å². The van der Waals surface area contributed by atoms with Gasteiger partial charge in [0.05, 0.1) is 0 Å². The number of carboxylic acid groups (broad SMARTS) is 1. The molecule has 10 heteroatoms. The molecule has 2 amide bonds. The van der Waals surface area contributed by atoms with Crippen LogP contribution in [0.1, 0.15) is 42.3 Å². The first-order chi connectivity index (χ1) is 18.8. The molecule has 1 fully saturated rings. The van der Waals surface area contributed by atoms with Gasteiger partial charge in [-0.15, -0.1) is 0 Å². The highest BCUT2D eigenvalue weighted by atomic mass is 16.4. The molecule has 2 aromatic carbocycles. The van der Waals surface area contributed by atoms with Gasteiger partial charge in [0.15, 0.2) is 11.3 Å². The van der Waals surface area contributed by atoms with Crippen molar-refractivity contribution in [1.29, 1.82) is 0 Å². The van der Waals surface area contributed by atoms with Crippen LogP contribution in [-0.4, -0.2) is 75.6 Å². The van der Waals surface area contributed by atoms with E-state index in [1.54, 1.807) is 49.4 Å². The Bertz CT molecular complexity index is 1540. The van der Waals surface area contributed by atoms with Gasteiger partial charge in [-0.05, 0) is 67.6 Å². The van der Waals surface area contributed by atoms with Crippen molar-refractivity contribution >= 4 is 34.5 Å². The SMILES string of the molecule is Cc1ccc(NC(=O)c2ccc(CN3CCN(C)CC3)cc2)cc1C(=O)Nn1c(C(=O)O)cc2cccnc21. The van der Waals surface area contributed by atoms with E-state index in [2.05, 4.69) is 32.6 Å². The van der Waals surface area contributed by atoms with Crippen molar-refractivity contribution in [3.8, 4) is 0 Å². The maximum atomic E-state index is 13.2. The Kier molecular flexibility index (Phi) is 7.40. The van der Waals surface area contributed by atoms with Gasteiger partial charge < -0.3 is 15.3 Å². The Balaban J connectivity index is 1.28. The smallest absolute Gasteiger partial charge is 0.354 e. The molecular weight excluding hydrogens is 496 g/mol. The van der Waals surface area contributed by atoms with E-state index in [-0.39, 0.29) is 11.6 Å². The van der Waals surface area contributed by atoms with E-state index in [0.717, 1.165) is 43.0 Å². The van der Waals surface area contributed by atoms with Gasteiger partial charge in [0, 0.05) is 61.1 Å². The molecule has 0 atom stereocenters. The highest BCUT2D eigenvalue weighted by molar-refractivity contribution is 6.07. The first-order valence-corrected chi connectivity index (χ1v) is 12.7. The second-order valence-corrected chi connectivity index (χ2v) is 9.79. The molecule has 39 heavy (non-hydrogen) atoms. The summed E-state index contributed by atoms with van der Waals surface area (Å²) in [4.78, 5) is 46.8. The molecule has 5 rings (SSSR count). The number of nitrogens with one attached hydrogen (secondary N) is 2. The lowest BCUT2D eigenvalue weighted by Gasteiger charge is -2.32. The number of hydrogen-bond donors (Lipinski definition) is 3. The summed E-state index contributed by atoms with van der Waals surface area (Å²) in [6.45, 7) is 6.77. The summed E-state index contributed by atoms with van der Waals surface area (Å²) in [5.74, 6) is -2.01. The molecule has 0 unspecified atom stereocenters. The number of aromatic carboxylic acids is 1. The predicted octanol–water partition coefficient (Wildman–Crippen LogP) is 3.43. The number of rotatable bonds is 7. The molecule has 0 bridgehead atoms. The molecule has 200 valence electrons. The van der Waals surface area contributed by atoms with Gasteiger partial charge in [0.1, 0.15) is 0 Å². The van der Waals surface area contributed by atoms with Crippen molar-refractivity contribution in [2.75, 3.05) is 44.0 Å². The molecule has 1 saturated heterocycles. The molecule has 0 spiro atoms. The lowest BCUT2D eigenvalue weighted by Crippen LogP contribution is -2.43. The van der Waals surface area contributed by atoms with Crippen LogP contribution in [0.15, 0.2) is 66.9 Å². The molecule has 1 aliphatic heterocycles. The maximum Gasteiger partial charge on any atom is 0.354 e. The summed E-state index contributed by atoms with van der Waals surface area (Å²) in [6, 6.07) is 17.4. The first kappa shape index (κ1) is 26.1. The lowest BCUT2D eigenvalue weighted by atomic mass is 10.1. The van der Waals surface area contributed by atoms with E-state index >= 15 is 0 Å². The van der Waals surface area contributed by atoms with E-state index in [1.807, 2.05) is 12.1 Å². The zero-order valence-corrected chi connectivity index (χ0v) is 21.8. The number of carbonyl (C=O) groups is 3. The number of anilines is 1. The summed E-state index contributed by atoms with van der Waals surface area (Å²) in [5, 5.41) is 13.1. The fourth-order valence-corrected chi connectivity index (χ4v) is 4.64. The number of amides is 2. The van der Waals surface area contributed by atoms with Crippen LogP contribution in [0.4, 0.5) is 5.69 Å². The summed E-state index contributed by atoms with van der Waals surface area (Å²) in [7, 11) is 2.13. The topological polar surface area (TPSA) is 120 Å².